The molecule has 3 aromatic rings. The van der Waals surface area contributed by atoms with Crippen molar-refractivity contribution in [3.8, 4) is 5.75 Å². The zero-order valence-electron chi connectivity index (χ0n) is 20.5. The lowest BCUT2D eigenvalue weighted by molar-refractivity contribution is -0.140. The Hall–Kier alpha value is -3.32. The molecule has 1 spiro atoms. The number of aromatic nitrogens is 1. The Morgan fingerprint density at radius 3 is 2.60 bits per heavy atom. The van der Waals surface area contributed by atoms with Crippen LogP contribution in [0.5, 0.6) is 5.75 Å². The number of H-pyrrole nitrogens is 1. The van der Waals surface area contributed by atoms with Crippen LogP contribution in [-0.2, 0) is 22.4 Å². The smallest absolute Gasteiger partial charge is 0.245 e. The lowest BCUT2D eigenvalue weighted by Crippen LogP contribution is -2.59. The first kappa shape index (κ1) is 23.4. The summed E-state index contributed by atoms with van der Waals surface area (Å²) < 4.78 is 6.46. The fraction of sp³-hybridized carbons (Fsp3) is 0.429. The van der Waals surface area contributed by atoms with Crippen molar-refractivity contribution in [2.45, 2.75) is 63.1 Å². The van der Waals surface area contributed by atoms with E-state index >= 15 is 0 Å². The number of amides is 2. The second kappa shape index (κ2) is 9.04. The van der Waals surface area contributed by atoms with E-state index in [1.165, 1.54) is 5.56 Å². The number of likely N-dealkylation sites (tertiary alicyclic amines) is 1. The average Bonchev–Trinajstić information content (AvgIpc) is 3.26. The summed E-state index contributed by atoms with van der Waals surface area (Å²) in [7, 11) is 0. The van der Waals surface area contributed by atoms with E-state index in [0.717, 1.165) is 47.9 Å². The molecule has 4 N–H and O–H groups in total. The summed E-state index contributed by atoms with van der Waals surface area (Å²) in [4.78, 5) is 31.6. The van der Waals surface area contributed by atoms with Crippen LogP contribution >= 0.6 is 0 Å². The number of piperidine rings is 1. The Kier molecular flexibility index (Phi) is 6.05. The zero-order chi connectivity index (χ0) is 24.6. The Balaban J connectivity index is 1.31. The number of hydrogen-bond donors (Lipinski definition) is 3. The summed E-state index contributed by atoms with van der Waals surface area (Å²) in [6.45, 7) is 4.51. The van der Waals surface area contributed by atoms with Crippen molar-refractivity contribution in [2.75, 3.05) is 13.1 Å². The lowest BCUT2D eigenvalue weighted by atomic mass is 9.83. The van der Waals surface area contributed by atoms with Crippen LogP contribution in [0.25, 0.3) is 10.9 Å². The second-order valence-corrected chi connectivity index (χ2v) is 10.5. The number of nitrogens with two attached hydrogens (primary N) is 1. The normalized spacial score (nSPS) is 18.1. The number of ether oxygens (including phenoxy) is 1. The molecule has 0 unspecified atom stereocenters. The van der Waals surface area contributed by atoms with Gasteiger partial charge in [0.25, 0.3) is 0 Å². The topological polar surface area (TPSA) is 100 Å². The van der Waals surface area contributed by atoms with Gasteiger partial charge in [-0.05, 0) is 49.9 Å². The number of aryl methyl sites for hydroxylation is 1. The monoisotopic (exact) mass is 474 g/mol. The van der Waals surface area contributed by atoms with Gasteiger partial charge in [-0.1, -0.05) is 36.4 Å². The molecular weight excluding hydrogens is 440 g/mol. The zero-order valence-corrected chi connectivity index (χ0v) is 20.5. The van der Waals surface area contributed by atoms with E-state index in [1.807, 2.05) is 53.6 Å². The van der Waals surface area contributed by atoms with Crippen LogP contribution in [0.1, 0.15) is 44.2 Å². The molecule has 3 heterocycles. The second-order valence-electron chi connectivity index (χ2n) is 10.5. The van der Waals surface area contributed by atoms with Crippen molar-refractivity contribution in [3.05, 3.63) is 65.9 Å². The van der Waals surface area contributed by atoms with E-state index in [9.17, 15) is 9.59 Å². The first-order chi connectivity index (χ1) is 16.7. The van der Waals surface area contributed by atoms with Gasteiger partial charge in [-0.2, -0.15) is 0 Å². The molecule has 5 rings (SSSR count). The standard InChI is InChI=1S/C28H34N4O3/c1-27(2,29)26(34)31-23(17-20-18-30-22-9-5-4-8-21(20)22)25(33)32-15-13-28(14-16-32)12-11-19-7-3-6-10-24(19)35-28/h3-10,18,23,30H,11-17,29H2,1-2H3,(H,31,34)/t23-/m1/s1. The summed E-state index contributed by atoms with van der Waals surface area (Å²) in [5.41, 5.74) is 8.00. The number of para-hydroxylation sites is 2. The number of carbonyl (C=O) groups excluding carboxylic acids is 2. The highest BCUT2D eigenvalue weighted by atomic mass is 16.5. The molecule has 184 valence electrons. The molecule has 2 aliphatic heterocycles. The van der Waals surface area contributed by atoms with Crippen LogP contribution in [0.4, 0.5) is 0 Å². The molecule has 7 nitrogen and oxygen atoms in total. The molecule has 35 heavy (non-hydrogen) atoms. The SMILES string of the molecule is CC(C)(N)C(=O)N[C@H](Cc1c[nH]c2ccccc12)C(=O)N1CCC2(CCc3ccccc3O2)CC1. The lowest BCUT2D eigenvalue weighted by Gasteiger charge is -2.45. The first-order valence-electron chi connectivity index (χ1n) is 12.4. The maximum absolute atomic E-state index is 13.7. The van der Waals surface area contributed by atoms with E-state index in [2.05, 4.69) is 16.4 Å². The maximum atomic E-state index is 13.7. The van der Waals surface area contributed by atoms with Gasteiger partial charge in [-0.15, -0.1) is 0 Å². The summed E-state index contributed by atoms with van der Waals surface area (Å²) in [5.74, 6) is 0.559. The molecule has 0 aliphatic carbocycles. The minimum absolute atomic E-state index is 0.0704. The van der Waals surface area contributed by atoms with Crippen molar-refractivity contribution < 1.29 is 14.3 Å². The van der Waals surface area contributed by atoms with E-state index in [1.54, 1.807) is 13.8 Å². The molecule has 7 heteroatoms. The average molecular weight is 475 g/mol. The van der Waals surface area contributed by atoms with E-state index in [4.69, 9.17) is 10.5 Å². The third-order valence-corrected chi connectivity index (χ3v) is 7.42. The van der Waals surface area contributed by atoms with Gasteiger partial charge in [-0.25, -0.2) is 0 Å². The molecule has 1 atom stereocenters. The summed E-state index contributed by atoms with van der Waals surface area (Å²) in [5, 5.41) is 3.99. The minimum atomic E-state index is -1.08. The third kappa shape index (κ3) is 4.78. The van der Waals surface area contributed by atoms with Gasteiger partial charge in [0.15, 0.2) is 0 Å². The van der Waals surface area contributed by atoms with Crippen molar-refractivity contribution in [2.24, 2.45) is 5.73 Å². The van der Waals surface area contributed by atoms with Gasteiger partial charge < -0.3 is 25.7 Å². The third-order valence-electron chi connectivity index (χ3n) is 7.42. The number of carbonyl (C=O) groups is 2. The number of fused-ring (bicyclic) bond motifs is 2. The highest BCUT2D eigenvalue weighted by Gasteiger charge is 2.41. The van der Waals surface area contributed by atoms with Crippen LogP contribution in [0, 0.1) is 0 Å². The molecule has 0 saturated carbocycles. The van der Waals surface area contributed by atoms with Crippen LogP contribution in [0.2, 0.25) is 0 Å². The van der Waals surface area contributed by atoms with Crippen LogP contribution in [0.3, 0.4) is 0 Å². The number of aromatic amines is 1. The molecule has 1 fully saturated rings. The number of nitrogens with one attached hydrogen (secondary N) is 2. The molecule has 2 amide bonds. The van der Waals surface area contributed by atoms with E-state index in [-0.39, 0.29) is 17.4 Å². The van der Waals surface area contributed by atoms with E-state index < -0.39 is 11.6 Å². The Bertz CT molecular complexity index is 1230. The highest BCUT2D eigenvalue weighted by molar-refractivity contribution is 5.92. The van der Waals surface area contributed by atoms with Gasteiger partial charge in [0.2, 0.25) is 11.8 Å². The quantitative estimate of drug-likeness (QED) is 0.528. The van der Waals surface area contributed by atoms with Crippen molar-refractivity contribution in [1.29, 1.82) is 0 Å². The first-order valence-corrected chi connectivity index (χ1v) is 12.4. The van der Waals surface area contributed by atoms with Gasteiger partial charge in [0, 0.05) is 49.5 Å². The summed E-state index contributed by atoms with van der Waals surface area (Å²) in [6.07, 6.45) is 5.84. The summed E-state index contributed by atoms with van der Waals surface area (Å²) >= 11 is 0. The Labute approximate surface area is 206 Å². The Morgan fingerprint density at radius 2 is 1.83 bits per heavy atom. The van der Waals surface area contributed by atoms with Crippen LogP contribution in [0.15, 0.2) is 54.7 Å². The van der Waals surface area contributed by atoms with Crippen LogP contribution in [-0.4, -0.2) is 52.0 Å². The van der Waals surface area contributed by atoms with Gasteiger partial charge in [-0.3, -0.25) is 9.59 Å². The van der Waals surface area contributed by atoms with Gasteiger partial charge in [0.1, 0.15) is 17.4 Å². The molecule has 2 aromatic carbocycles. The van der Waals surface area contributed by atoms with Crippen LogP contribution < -0.4 is 15.8 Å². The maximum Gasteiger partial charge on any atom is 0.245 e. The van der Waals surface area contributed by atoms with Crippen molar-refractivity contribution in [1.82, 2.24) is 15.2 Å². The molecular formula is C28H34N4O3. The van der Waals surface area contributed by atoms with Crippen molar-refractivity contribution in [3.63, 3.8) is 0 Å². The molecule has 0 bridgehead atoms. The number of benzene rings is 2. The molecule has 1 saturated heterocycles. The fourth-order valence-corrected chi connectivity index (χ4v) is 5.23. The highest BCUT2D eigenvalue weighted by Crippen LogP contribution is 2.39. The molecule has 2 aliphatic rings. The molecule has 1 aromatic heterocycles. The van der Waals surface area contributed by atoms with E-state index in [0.29, 0.717) is 19.5 Å². The number of hydrogen-bond acceptors (Lipinski definition) is 4. The Morgan fingerprint density at radius 1 is 1.11 bits per heavy atom. The largest absolute Gasteiger partial charge is 0.487 e. The predicted octanol–water partition coefficient (Wildman–Crippen LogP) is 3.32. The summed E-state index contributed by atoms with van der Waals surface area (Å²) in [6, 6.07) is 15.5. The minimum Gasteiger partial charge on any atom is -0.487 e. The molecule has 0 radical (unpaired) electrons. The predicted molar refractivity (Wildman–Crippen MR) is 136 cm³/mol. The van der Waals surface area contributed by atoms with Gasteiger partial charge >= 0.3 is 0 Å². The number of nitrogens with zero attached hydrogens (tertiary/aromatic N) is 1. The number of rotatable bonds is 5. The fourth-order valence-electron chi connectivity index (χ4n) is 5.23. The van der Waals surface area contributed by atoms with Gasteiger partial charge in [0.05, 0.1) is 5.54 Å². The van der Waals surface area contributed by atoms with Crippen molar-refractivity contribution >= 4 is 22.7 Å².